The number of aliphatic imine (C=N–C) groups is 1. The van der Waals surface area contributed by atoms with Crippen molar-refractivity contribution in [2.75, 3.05) is 19.3 Å². The number of sulfonamides is 1. The van der Waals surface area contributed by atoms with Gasteiger partial charge in [0.2, 0.25) is 0 Å². The molecule has 0 N–H and O–H groups in total. The smallest absolute Gasteiger partial charge is 0.260 e. The highest BCUT2D eigenvalue weighted by Gasteiger charge is 2.30. The molecule has 0 aliphatic carbocycles. The van der Waals surface area contributed by atoms with Gasteiger partial charge in [-0.25, -0.2) is 12.7 Å². The summed E-state index contributed by atoms with van der Waals surface area (Å²) in [6, 6.07) is 5.23. The van der Waals surface area contributed by atoms with Crippen LogP contribution in [0, 0.1) is 13.8 Å². The molecule has 1 aromatic rings. The van der Waals surface area contributed by atoms with Crippen LogP contribution in [0.15, 0.2) is 28.1 Å². The molecule has 0 saturated carbocycles. The standard InChI is InChI=1S/C12H16N2O2S2/c1-9-4-5-11(8-10(9)2)18(15,16)14-7-6-13-12(14)17-3/h4-5,8H,6-7H2,1-3H3. The molecule has 0 radical (unpaired) electrons. The lowest BCUT2D eigenvalue weighted by Crippen LogP contribution is -2.32. The molecule has 2 rings (SSSR count). The zero-order valence-corrected chi connectivity index (χ0v) is 12.3. The van der Waals surface area contributed by atoms with Gasteiger partial charge in [0.15, 0.2) is 5.17 Å². The van der Waals surface area contributed by atoms with Gasteiger partial charge in [0.1, 0.15) is 0 Å². The van der Waals surface area contributed by atoms with Crippen molar-refractivity contribution in [3.8, 4) is 0 Å². The van der Waals surface area contributed by atoms with Crippen LogP contribution in [-0.4, -0.2) is 37.2 Å². The second-order valence-electron chi connectivity index (χ2n) is 4.19. The van der Waals surface area contributed by atoms with E-state index in [4.69, 9.17) is 0 Å². The summed E-state index contributed by atoms with van der Waals surface area (Å²) in [5.41, 5.74) is 2.08. The molecule has 1 aliphatic heterocycles. The number of amidine groups is 1. The lowest BCUT2D eigenvalue weighted by atomic mass is 10.1. The van der Waals surface area contributed by atoms with Gasteiger partial charge in [-0.2, -0.15) is 0 Å². The number of aryl methyl sites for hydroxylation is 2. The van der Waals surface area contributed by atoms with Gasteiger partial charge < -0.3 is 0 Å². The summed E-state index contributed by atoms with van der Waals surface area (Å²) in [7, 11) is -3.46. The van der Waals surface area contributed by atoms with E-state index in [1.807, 2.05) is 26.2 Å². The number of hydrogen-bond donors (Lipinski definition) is 0. The van der Waals surface area contributed by atoms with E-state index >= 15 is 0 Å². The lowest BCUT2D eigenvalue weighted by molar-refractivity contribution is 0.540. The van der Waals surface area contributed by atoms with Crippen molar-refractivity contribution >= 4 is 27.0 Å². The average molecular weight is 284 g/mol. The Balaban J connectivity index is 2.42. The van der Waals surface area contributed by atoms with E-state index in [9.17, 15) is 8.42 Å². The first kappa shape index (κ1) is 13.4. The highest BCUT2D eigenvalue weighted by atomic mass is 32.2. The Bertz CT molecular complexity index is 594. The van der Waals surface area contributed by atoms with E-state index in [0.717, 1.165) is 11.1 Å². The number of hydrogen-bond acceptors (Lipinski definition) is 4. The highest BCUT2D eigenvalue weighted by Crippen LogP contribution is 2.23. The molecular formula is C12H16N2O2S2. The van der Waals surface area contributed by atoms with Crippen LogP contribution in [-0.2, 0) is 10.0 Å². The molecule has 0 fully saturated rings. The minimum atomic E-state index is -3.46. The molecule has 0 aromatic heterocycles. The van der Waals surface area contributed by atoms with Crippen molar-refractivity contribution in [1.29, 1.82) is 0 Å². The van der Waals surface area contributed by atoms with Crippen LogP contribution in [0.25, 0.3) is 0 Å². The van der Waals surface area contributed by atoms with E-state index in [1.54, 1.807) is 12.1 Å². The van der Waals surface area contributed by atoms with E-state index in [2.05, 4.69) is 4.99 Å². The van der Waals surface area contributed by atoms with E-state index in [0.29, 0.717) is 23.2 Å². The minimum Gasteiger partial charge on any atom is -0.260 e. The van der Waals surface area contributed by atoms with Crippen LogP contribution < -0.4 is 0 Å². The van der Waals surface area contributed by atoms with Gasteiger partial charge in [-0.1, -0.05) is 17.8 Å². The Hall–Kier alpha value is -1.01. The molecule has 1 aromatic carbocycles. The van der Waals surface area contributed by atoms with Gasteiger partial charge in [0, 0.05) is 0 Å². The van der Waals surface area contributed by atoms with Crippen LogP contribution in [0.5, 0.6) is 0 Å². The summed E-state index contributed by atoms with van der Waals surface area (Å²) < 4.78 is 26.4. The first-order chi connectivity index (χ1) is 8.46. The molecule has 0 atom stereocenters. The monoisotopic (exact) mass is 284 g/mol. The third-order valence-electron chi connectivity index (χ3n) is 3.01. The van der Waals surface area contributed by atoms with Crippen LogP contribution in [0.4, 0.5) is 0 Å². The second-order valence-corrected chi connectivity index (χ2v) is 6.83. The fourth-order valence-corrected chi connectivity index (χ4v) is 4.24. The van der Waals surface area contributed by atoms with Crippen molar-refractivity contribution in [3.05, 3.63) is 29.3 Å². The number of benzene rings is 1. The third-order valence-corrected chi connectivity index (χ3v) is 5.63. The number of thioether (sulfide) groups is 1. The predicted octanol–water partition coefficient (Wildman–Crippen LogP) is 2.03. The maximum Gasteiger partial charge on any atom is 0.265 e. The summed E-state index contributed by atoms with van der Waals surface area (Å²) in [6.07, 6.45) is 1.84. The third kappa shape index (κ3) is 2.27. The van der Waals surface area contributed by atoms with Gasteiger partial charge >= 0.3 is 0 Å². The fraction of sp³-hybridized carbons (Fsp3) is 0.417. The molecule has 0 bridgehead atoms. The second kappa shape index (κ2) is 4.93. The summed E-state index contributed by atoms with van der Waals surface area (Å²) in [6.45, 7) is 4.87. The van der Waals surface area contributed by atoms with Gasteiger partial charge in [0.05, 0.1) is 18.0 Å². The minimum absolute atomic E-state index is 0.342. The quantitative estimate of drug-likeness (QED) is 0.835. The SMILES string of the molecule is CSC1=NCCN1S(=O)(=O)c1ccc(C)c(C)c1. The number of rotatable bonds is 2. The summed E-state index contributed by atoms with van der Waals surface area (Å²) in [5.74, 6) is 0. The maximum atomic E-state index is 12.5. The molecule has 18 heavy (non-hydrogen) atoms. The van der Waals surface area contributed by atoms with Gasteiger partial charge in [-0.3, -0.25) is 4.99 Å². The topological polar surface area (TPSA) is 49.7 Å². The van der Waals surface area contributed by atoms with E-state index in [-0.39, 0.29) is 0 Å². The van der Waals surface area contributed by atoms with Gasteiger partial charge in [0.25, 0.3) is 10.0 Å². The Labute approximate surface area is 112 Å². The van der Waals surface area contributed by atoms with Crippen molar-refractivity contribution in [2.45, 2.75) is 18.7 Å². The molecule has 4 nitrogen and oxygen atoms in total. The Kier molecular flexibility index (Phi) is 3.68. The van der Waals surface area contributed by atoms with Gasteiger partial charge in [-0.05, 0) is 43.4 Å². The largest absolute Gasteiger partial charge is 0.265 e. The molecule has 1 heterocycles. The van der Waals surface area contributed by atoms with E-state index < -0.39 is 10.0 Å². The summed E-state index contributed by atoms with van der Waals surface area (Å²) in [4.78, 5) is 4.54. The predicted molar refractivity (Wildman–Crippen MR) is 75.6 cm³/mol. The van der Waals surface area contributed by atoms with Crippen LogP contribution in [0.1, 0.15) is 11.1 Å². The van der Waals surface area contributed by atoms with E-state index in [1.165, 1.54) is 16.1 Å². The lowest BCUT2D eigenvalue weighted by Gasteiger charge is -2.19. The summed E-state index contributed by atoms with van der Waals surface area (Å²) in [5, 5.41) is 0.577. The van der Waals surface area contributed by atoms with Gasteiger partial charge in [-0.15, -0.1) is 0 Å². The zero-order chi connectivity index (χ0) is 13.3. The first-order valence-corrected chi connectivity index (χ1v) is 8.31. The fourth-order valence-electron chi connectivity index (χ4n) is 1.80. The molecular weight excluding hydrogens is 268 g/mol. The Morgan fingerprint density at radius 1 is 1.28 bits per heavy atom. The van der Waals surface area contributed by atoms with Crippen LogP contribution in [0.3, 0.4) is 0 Å². The number of nitrogens with zero attached hydrogens (tertiary/aromatic N) is 2. The maximum absolute atomic E-state index is 12.5. The van der Waals surface area contributed by atoms with Crippen molar-refractivity contribution in [3.63, 3.8) is 0 Å². The van der Waals surface area contributed by atoms with Crippen molar-refractivity contribution in [2.24, 2.45) is 4.99 Å². The average Bonchev–Trinajstić information content (AvgIpc) is 2.81. The molecule has 0 amide bonds. The normalized spacial score (nSPS) is 15.9. The summed E-state index contributed by atoms with van der Waals surface area (Å²) >= 11 is 1.37. The molecule has 98 valence electrons. The molecule has 0 unspecified atom stereocenters. The highest BCUT2D eigenvalue weighted by molar-refractivity contribution is 8.14. The van der Waals surface area contributed by atoms with Crippen molar-refractivity contribution < 1.29 is 8.42 Å². The Morgan fingerprint density at radius 3 is 2.61 bits per heavy atom. The van der Waals surface area contributed by atoms with Crippen LogP contribution in [0.2, 0.25) is 0 Å². The van der Waals surface area contributed by atoms with Crippen LogP contribution >= 0.6 is 11.8 Å². The molecule has 6 heteroatoms. The molecule has 0 spiro atoms. The first-order valence-electron chi connectivity index (χ1n) is 5.65. The zero-order valence-electron chi connectivity index (χ0n) is 10.7. The Morgan fingerprint density at radius 2 is 2.00 bits per heavy atom. The van der Waals surface area contributed by atoms with Crippen molar-refractivity contribution in [1.82, 2.24) is 4.31 Å². The molecule has 0 saturated heterocycles. The molecule has 1 aliphatic rings.